The van der Waals surface area contributed by atoms with E-state index in [-0.39, 0.29) is 0 Å². The van der Waals surface area contributed by atoms with Crippen molar-refractivity contribution in [1.29, 1.82) is 0 Å². The number of hydrogen-bond acceptors (Lipinski definition) is 2. The van der Waals surface area contributed by atoms with Crippen molar-refractivity contribution in [2.45, 2.75) is 32.2 Å². The summed E-state index contributed by atoms with van der Waals surface area (Å²) < 4.78 is 0. The SMILES string of the molecule is Cc1cccc(C=NC2CC23CC3)c1O.[Cl][Zr][Cl]. The van der Waals surface area contributed by atoms with Crippen LogP contribution in [0.4, 0.5) is 0 Å². The zero-order chi connectivity index (χ0) is 13.2. The molecule has 0 aromatic heterocycles. The number of para-hydroxylation sites is 1. The number of benzene rings is 1. The van der Waals surface area contributed by atoms with Gasteiger partial charge < -0.3 is 5.11 Å². The van der Waals surface area contributed by atoms with Crippen LogP contribution in [0, 0.1) is 12.3 Å². The number of aliphatic imine (C=N–C) groups is 1. The van der Waals surface area contributed by atoms with Crippen molar-refractivity contribution in [3.8, 4) is 5.75 Å². The van der Waals surface area contributed by atoms with Gasteiger partial charge in [-0.25, -0.2) is 0 Å². The van der Waals surface area contributed by atoms with Crippen LogP contribution in [0.2, 0.25) is 0 Å². The van der Waals surface area contributed by atoms with Gasteiger partial charge in [0.2, 0.25) is 0 Å². The molecular formula is C13H15Cl2NOZr. The van der Waals surface area contributed by atoms with Gasteiger partial charge in [-0.15, -0.1) is 0 Å². The van der Waals surface area contributed by atoms with Gasteiger partial charge in [0.15, 0.2) is 0 Å². The molecule has 0 bridgehead atoms. The molecule has 2 aliphatic rings. The molecule has 0 radical (unpaired) electrons. The van der Waals surface area contributed by atoms with Crippen molar-refractivity contribution < 1.29 is 26.0 Å². The van der Waals surface area contributed by atoms with Gasteiger partial charge in [-0.2, -0.15) is 0 Å². The Morgan fingerprint density at radius 1 is 1.44 bits per heavy atom. The standard InChI is InChI=1S/C13H15NO.2ClH.Zr/c1-9-3-2-4-10(12(9)15)8-14-11-7-13(11)5-6-13;;;/h2-4,8,11,15H,5-7H2,1H3;2*1H;/q;;;+2/p-2. The van der Waals surface area contributed by atoms with Gasteiger partial charge in [0, 0.05) is 11.8 Å². The zero-order valence-electron chi connectivity index (χ0n) is 10.2. The van der Waals surface area contributed by atoms with Crippen LogP contribution in [-0.2, 0) is 20.8 Å². The van der Waals surface area contributed by atoms with Crippen molar-refractivity contribution in [2.24, 2.45) is 10.4 Å². The molecule has 0 aliphatic heterocycles. The van der Waals surface area contributed by atoms with Crippen molar-refractivity contribution >= 4 is 23.2 Å². The van der Waals surface area contributed by atoms with Gasteiger partial charge in [0.25, 0.3) is 0 Å². The molecule has 18 heavy (non-hydrogen) atoms. The average Bonchev–Trinajstić information content (AvgIpc) is 3.24. The summed E-state index contributed by atoms with van der Waals surface area (Å²) in [5.74, 6) is 0.367. The Morgan fingerprint density at radius 2 is 2.11 bits per heavy atom. The van der Waals surface area contributed by atoms with E-state index < -0.39 is 20.8 Å². The molecule has 1 aromatic carbocycles. The Balaban J connectivity index is 0.000000367. The molecule has 2 fully saturated rings. The molecule has 0 saturated heterocycles. The molecular weight excluding hydrogens is 348 g/mol. The Hall–Kier alpha value is 0.153. The van der Waals surface area contributed by atoms with Gasteiger partial charge >= 0.3 is 37.9 Å². The molecule has 1 unspecified atom stereocenters. The summed E-state index contributed by atoms with van der Waals surface area (Å²) in [4.78, 5) is 4.54. The van der Waals surface area contributed by atoms with E-state index in [1.165, 1.54) is 19.3 Å². The maximum atomic E-state index is 9.79. The molecule has 1 atom stereocenters. The Labute approximate surface area is 126 Å². The third-order valence-electron chi connectivity index (χ3n) is 3.70. The van der Waals surface area contributed by atoms with Gasteiger partial charge in [0.1, 0.15) is 5.75 Å². The fraction of sp³-hybridized carbons (Fsp3) is 0.462. The third kappa shape index (κ3) is 3.37. The molecule has 1 spiro atoms. The number of rotatable bonds is 2. The zero-order valence-corrected chi connectivity index (χ0v) is 14.1. The van der Waals surface area contributed by atoms with Crippen LogP contribution < -0.4 is 0 Å². The van der Waals surface area contributed by atoms with Crippen LogP contribution in [0.25, 0.3) is 0 Å². The molecule has 1 aromatic rings. The normalized spacial score (nSPS) is 22.5. The number of phenolic OH excluding ortho intramolecular Hbond substituents is 1. The van der Waals surface area contributed by atoms with Gasteiger partial charge in [-0.3, -0.25) is 4.99 Å². The van der Waals surface area contributed by atoms with Crippen LogP contribution in [0.5, 0.6) is 5.75 Å². The molecule has 2 nitrogen and oxygen atoms in total. The van der Waals surface area contributed by atoms with Gasteiger partial charge in [0.05, 0.1) is 6.04 Å². The fourth-order valence-corrected chi connectivity index (χ4v) is 2.19. The summed E-state index contributed by atoms with van der Waals surface area (Å²) in [6, 6.07) is 6.31. The number of aryl methyl sites for hydroxylation is 1. The van der Waals surface area contributed by atoms with E-state index in [1.807, 2.05) is 31.3 Å². The summed E-state index contributed by atoms with van der Waals surface area (Å²) in [6.07, 6.45) is 5.81. The number of aromatic hydroxyl groups is 1. The molecule has 96 valence electrons. The Bertz CT molecular complexity index is 460. The van der Waals surface area contributed by atoms with Crippen LogP contribution in [-0.4, -0.2) is 17.4 Å². The van der Waals surface area contributed by atoms with Crippen molar-refractivity contribution in [2.75, 3.05) is 0 Å². The quantitative estimate of drug-likeness (QED) is 0.790. The minimum absolute atomic E-state index is 0.367. The number of halogens is 2. The first-order valence-electron chi connectivity index (χ1n) is 5.91. The number of nitrogens with zero attached hydrogens (tertiary/aromatic N) is 1. The second-order valence-corrected chi connectivity index (χ2v) is 8.68. The Kier molecular flexibility index (Phi) is 4.91. The molecule has 5 heteroatoms. The van der Waals surface area contributed by atoms with Crippen LogP contribution in [0.1, 0.15) is 30.4 Å². The second kappa shape index (κ2) is 6.07. The summed E-state index contributed by atoms with van der Waals surface area (Å²) in [6.45, 7) is 1.91. The molecule has 0 heterocycles. The van der Waals surface area contributed by atoms with Crippen LogP contribution in [0.15, 0.2) is 23.2 Å². The molecule has 3 rings (SSSR count). The minimum atomic E-state index is -0.826. The average molecular weight is 363 g/mol. The van der Waals surface area contributed by atoms with E-state index >= 15 is 0 Å². The predicted octanol–water partition coefficient (Wildman–Crippen LogP) is 4.05. The van der Waals surface area contributed by atoms with Crippen molar-refractivity contribution in [3.05, 3.63) is 29.3 Å². The first-order chi connectivity index (χ1) is 8.63. The van der Waals surface area contributed by atoms with Crippen LogP contribution in [0.3, 0.4) is 0 Å². The molecule has 2 saturated carbocycles. The third-order valence-corrected chi connectivity index (χ3v) is 3.70. The molecule has 1 N–H and O–H groups in total. The molecule has 0 amide bonds. The monoisotopic (exact) mass is 361 g/mol. The van der Waals surface area contributed by atoms with E-state index in [2.05, 4.69) is 4.99 Å². The first kappa shape index (κ1) is 14.6. The van der Waals surface area contributed by atoms with Crippen LogP contribution >= 0.6 is 17.0 Å². The first-order valence-corrected chi connectivity index (χ1v) is 12.2. The topological polar surface area (TPSA) is 32.6 Å². The number of phenols is 1. The van der Waals surface area contributed by atoms with E-state index in [9.17, 15) is 5.11 Å². The van der Waals surface area contributed by atoms with E-state index in [1.54, 1.807) is 0 Å². The Morgan fingerprint density at radius 3 is 2.67 bits per heavy atom. The number of hydrogen-bond donors (Lipinski definition) is 1. The second-order valence-electron chi connectivity index (χ2n) is 4.94. The van der Waals surface area contributed by atoms with E-state index in [0.717, 1.165) is 11.1 Å². The molecule has 2 aliphatic carbocycles. The fourth-order valence-electron chi connectivity index (χ4n) is 2.19. The summed E-state index contributed by atoms with van der Waals surface area (Å²) in [7, 11) is 9.87. The summed E-state index contributed by atoms with van der Waals surface area (Å²) in [5.41, 5.74) is 2.37. The van der Waals surface area contributed by atoms with E-state index in [4.69, 9.17) is 17.0 Å². The summed E-state index contributed by atoms with van der Waals surface area (Å²) in [5, 5.41) is 9.79. The predicted molar refractivity (Wildman–Crippen MR) is 72.2 cm³/mol. The van der Waals surface area contributed by atoms with Crippen molar-refractivity contribution in [1.82, 2.24) is 0 Å². The van der Waals surface area contributed by atoms with Gasteiger partial charge in [-0.1, -0.05) is 12.1 Å². The van der Waals surface area contributed by atoms with E-state index in [0.29, 0.717) is 17.2 Å². The summed E-state index contributed by atoms with van der Waals surface area (Å²) >= 11 is -0.826. The van der Waals surface area contributed by atoms with Gasteiger partial charge in [-0.05, 0) is 43.2 Å². The maximum absolute atomic E-state index is 9.79. The van der Waals surface area contributed by atoms with Crippen molar-refractivity contribution in [3.63, 3.8) is 0 Å².